The number of aryl methyl sites for hydroxylation is 1. The van der Waals surface area contributed by atoms with E-state index in [1.165, 1.54) is 12.1 Å². The highest BCUT2D eigenvalue weighted by Crippen LogP contribution is 2.48. The molecular formula is C37H37F2NO2. The maximum absolute atomic E-state index is 14.6. The normalized spacial score (nSPS) is 18.7. The van der Waals surface area contributed by atoms with Gasteiger partial charge in [0.25, 0.3) is 0 Å². The molecule has 42 heavy (non-hydrogen) atoms. The number of hydrogen-bond donors (Lipinski definition) is 0. The van der Waals surface area contributed by atoms with Crippen molar-refractivity contribution in [3.8, 4) is 16.9 Å². The van der Waals surface area contributed by atoms with Crippen LogP contribution in [0.2, 0.25) is 0 Å². The van der Waals surface area contributed by atoms with Gasteiger partial charge in [-0.05, 0) is 109 Å². The van der Waals surface area contributed by atoms with E-state index in [9.17, 15) is 13.6 Å². The fourth-order valence-electron chi connectivity index (χ4n) is 7.08. The highest BCUT2D eigenvalue weighted by Gasteiger charge is 2.45. The van der Waals surface area contributed by atoms with Crippen molar-refractivity contribution in [2.45, 2.75) is 45.1 Å². The van der Waals surface area contributed by atoms with Gasteiger partial charge in [0.1, 0.15) is 5.75 Å². The molecule has 0 aromatic heterocycles. The molecule has 1 aliphatic heterocycles. The number of ketones is 1. The Hall–Kier alpha value is -3.83. The predicted octanol–water partition coefficient (Wildman–Crippen LogP) is 8.30. The van der Waals surface area contributed by atoms with E-state index >= 15 is 0 Å². The van der Waals surface area contributed by atoms with E-state index in [0.29, 0.717) is 13.0 Å². The Balaban J connectivity index is 1.29. The van der Waals surface area contributed by atoms with Gasteiger partial charge < -0.3 is 4.74 Å². The molecule has 0 radical (unpaired) electrons. The predicted molar refractivity (Wildman–Crippen MR) is 163 cm³/mol. The van der Waals surface area contributed by atoms with Crippen LogP contribution in [0.1, 0.15) is 52.7 Å². The number of halogens is 2. The highest BCUT2D eigenvalue weighted by atomic mass is 19.2. The average molecular weight is 566 g/mol. The fraction of sp³-hybridized carbons (Fsp3) is 0.324. The molecule has 6 rings (SSSR count). The number of likely N-dealkylation sites (tertiary alicyclic amines) is 1. The standard InChI is InChI=1S/C37H37F2NO2/c1-42-31-13-9-26(10-14-31)22-33-36(41)32-15-12-29(28-6-3-2-4-7-28)24-30(32)8-5-17-37(33)18-20-40(21-19-37)25-27-11-16-34(38)35(39)23-27/h2-4,6-7,9-16,23-24,33H,5,8,17-22,25H2,1H3. The van der Waals surface area contributed by atoms with E-state index in [-0.39, 0.29) is 17.1 Å². The van der Waals surface area contributed by atoms with Gasteiger partial charge >= 0.3 is 0 Å². The molecule has 0 amide bonds. The Kier molecular flexibility index (Phi) is 8.21. The average Bonchev–Trinajstić information content (AvgIpc) is 3.02. The van der Waals surface area contributed by atoms with E-state index < -0.39 is 11.6 Å². The molecule has 1 heterocycles. The van der Waals surface area contributed by atoms with Gasteiger partial charge in [0, 0.05) is 18.0 Å². The third-order valence-corrected chi connectivity index (χ3v) is 9.50. The van der Waals surface area contributed by atoms with Crippen LogP contribution in [0.4, 0.5) is 8.78 Å². The summed E-state index contributed by atoms with van der Waals surface area (Å²) in [5.41, 5.74) is 6.11. The van der Waals surface area contributed by atoms with Crippen LogP contribution < -0.4 is 4.74 Å². The van der Waals surface area contributed by atoms with Crippen molar-refractivity contribution in [2.24, 2.45) is 11.3 Å². The summed E-state index contributed by atoms with van der Waals surface area (Å²) in [5.74, 6) is -0.712. The van der Waals surface area contributed by atoms with Crippen LogP contribution in [0, 0.1) is 23.0 Å². The number of rotatable bonds is 6. The minimum atomic E-state index is -0.818. The molecule has 0 N–H and O–H groups in total. The number of piperidine rings is 1. The Morgan fingerprint density at radius 1 is 0.810 bits per heavy atom. The number of nitrogens with zero attached hydrogens (tertiary/aromatic N) is 1. The zero-order valence-electron chi connectivity index (χ0n) is 24.1. The minimum absolute atomic E-state index is 0.114. The number of carbonyl (C=O) groups is 1. The van der Waals surface area contributed by atoms with Crippen molar-refractivity contribution in [3.63, 3.8) is 0 Å². The third kappa shape index (κ3) is 5.89. The molecule has 4 aromatic rings. The molecular weight excluding hydrogens is 528 g/mol. The molecule has 0 saturated carbocycles. The lowest BCUT2D eigenvalue weighted by atomic mass is 9.60. The van der Waals surface area contributed by atoms with Crippen LogP contribution in [0.15, 0.2) is 91.0 Å². The monoisotopic (exact) mass is 565 g/mol. The number of methoxy groups -OCH3 is 1. The molecule has 1 fully saturated rings. The first-order chi connectivity index (χ1) is 20.4. The summed E-state index contributed by atoms with van der Waals surface area (Å²) >= 11 is 0. The summed E-state index contributed by atoms with van der Waals surface area (Å²) in [6, 6.07) is 29.0. The first kappa shape index (κ1) is 28.3. The van der Waals surface area contributed by atoms with Crippen molar-refractivity contribution < 1.29 is 18.3 Å². The number of benzene rings is 4. The first-order valence-corrected chi connectivity index (χ1v) is 15.0. The summed E-state index contributed by atoms with van der Waals surface area (Å²) in [6.07, 6.45) is 5.40. The third-order valence-electron chi connectivity index (χ3n) is 9.50. The molecule has 5 heteroatoms. The lowest BCUT2D eigenvalue weighted by molar-refractivity contribution is 0.0297. The first-order valence-electron chi connectivity index (χ1n) is 15.0. The Bertz CT molecular complexity index is 1540. The minimum Gasteiger partial charge on any atom is -0.497 e. The van der Waals surface area contributed by atoms with Gasteiger partial charge in [-0.1, -0.05) is 66.7 Å². The fourth-order valence-corrected chi connectivity index (χ4v) is 7.08. The quantitative estimate of drug-likeness (QED) is 0.236. The van der Waals surface area contributed by atoms with E-state index in [2.05, 4.69) is 47.4 Å². The molecule has 0 bridgehead atoms. The van der Waals surface area contributed by atoms with Gasteiger partial charge in [-0.2, -0.15) is 0 Å². The summed E-state index contributed by atoms with van der Waals surface area (Å²) < 4.78 is 32.7. The molecule has 1 unspecified atom stereocenters. The van der Waals surface area contributed by atoms with Gasteiger partial charge in [0.2, 0.25) is 0 Å². The highest BCUT2D eigenvalue weighted by molar-refractivity contribution is 6.00. The SMILES string of the molecule is COc1ccc(CC2C(=O)c3ccc(-c4ccccc4)cc3CCCC23CCN(Cc2ccc(F)c(F)c2)CC3)cc1. The zero-order chi connectivity index (χ0) is 29.1. The van der Waals surface area contributed by atoms with Crippen LogP contribution in [0.3, 0.4) is 0 Å². The summed E-state index contributed by atoms with van der Waals surface area (Å²) in [5, 5.41) is 0. The molecule has 3 nitrogen and oxygen atoms in total. The maximum Gasteiger partial charge on any atom is 0.167 e. The second-order valence-electron chi connectivity index (χ2n) is 11.9. The van der Waals surface area contributed by atoms with Crippen LogP contribution in [-0.4, -0.2) is 30.9 Å². The van der Waals surface area contributed by atoms with Crippen LogP contribution in [-0.2, 0) is 19.4 Å². The molecule has 2 aliphatic rings. The van der Waals surface area contributed by atoms with Crippen LogP contribution in [0.25, 0.3) is 11.1 Å². The van der Waals surface area contributed by atoms with Gasteiger partial charge in [-0.15, -0.1) is 0 Å². The van der Waals surface area contributed by atoms with Crippen molar-refractivity contribution in [1.29, 1.82) is 0 Å². The van der Waals surface area contributed by atoms with Gasteiger partial charge in [-0.25, -0.2) is 8.78 Å². The van der Waals surface area contributed by atoms with Crippen molar-refractivity contribution >= 4 is 5.78 Å². The molecule has 4 aromatic carbocycles. The molecule has 1 atom stereocenters. The lowest BCUT2D eigenvalue weighted by Gasteiger charge is -2.47. The Labute approximate surface area is 247 Å². The number of Topliss-reactive ketones (excluding diaryl/α,β-unsaturated/α-hetero) is 1. The lowest BCUT2D eigenvalue weighted by Crippen LogP contribution is -2.47. The second-order valence-corrected chi connectivity index (χ2v) is 11.9. The Morgan fingerprint density at radius 3 is 2.26 bits per heavy atom. The Morgan fingerprint density at radius 2 is 1.55 bits per heavy atom. The van der Waals surface area contributed by atoms with E-state index in [4.69, 9.17) is 4.74 Å². The van der Waals surface area contributed by atoms with E-state index in [1.54, 1.807) is 13.2 Å². The number of hydrogen-bond acceptors (Lipinski definition) is 3. The molecule has 1 aliphatic carbocycles. The van der Waals surface area contributed by atoms with E-state index in [0.717, 1.165) is 84.3 Å². The maximum atomic E-state index is 14.6. The summed E-state index contributed by atoms with van der Waals surface area (Å²) in [6.45, 7) is 2.23. The topological polar surface area (TPSA) is 29.5 Å². The van der Waals surface area contributed by atoms with Gasteiger partial charge in [0.05, 0.1) is 7.11 Å². The molecule has 216 valence electrons. The van der Waals surface area contributed by atoms with Crippen molar-refractivity contribution in [3.05, 3.63) is 125 Å². The van der Waals surface area contributed by atoms with E-state index in [1.807, 2.05) is 30.3 Å². The zero-order valence-corrected chi connectivity index (χ0v) is 24.1. The van der Waals surface area contributed by atoms with Gasteiger partial charge in [-0.3, -0.25) is 9.69 Å². The number of carbonyl (C=O) groups excluding carboxylic acids is 1. The van der Waals surface area contributed by atoms with Crippen LogP contribution in [0.5, 0.6) is 5.75 Å². The molecule has 1 spiro atoms. The van der Waals surface area contributed by atoms with Gasteiger partial charge in [0.15, 0.2) is 17.4 Å². The second kappa shape index (κ2) is 12.2. The molecule has 1 saturated heterocycles. The smallest absolute Gasteiger partial charge is 0.167 e. The van der Waals surface area contributed by atoms with Crippen LogP contribution >= 0.6 is 0 Å². The summed E-state index contributed by atoms with van der Waals surface area (Å²) in [7, 11) is 1.66. The summed E-state index contributed by atoms with van der Waals surface area (Å²) in [4.78, 5) is 16.9. The number of fused-ring (bicyclic) bond motifs is 1. The largest absolute Gasteiger partial charge is 0.497 e. The van der Waals surface area contributed by atoms with Crippen molar-refractivity contribution in [2.75, 3.05) is 20.2 Å². The van der Waals surface area contributed by atoms with Crippen molar-refractivity contribution in [1.82, 2.24) is 4.90 Å². The number of ether oxygens (including phenoxy) is 1.